The van der Waals surface area contributed by atoms with E-state index in [1.54, 1.807) is 24.3 Å². The van der Waals surface area contributed by atoms with Crippen LogP contribution in [0.4, 0.5) is 8.78 Å². The lowest BCUT2D eigenvalue weighted by atomic mass is 9.92. The first-order valence-corrected chi connectivity index (χ1v) is 11.5. The zero-order chi connectivity index (χ0) is 23.6. The van der Waals surface area contributed by atoms with Gasteiger partial charge in [-0.25, -0.2) is 8.42 Å². The summed E-state index contributed by atoms with van der Waals surface area (Å²) in [6, 6.07) is 23.4. The molecule has 8 heteroatoms. The first-order chi connectivity index (χ1) is 15.8. The Labute approximate surface area is 189 Å². The maximum absolute atomic E-state index is 13.1. The molecule has 0 heterocycles. The van der Waals surface area contributed by atoms with E-state index in [1.807, 2.05) is 42.5 Å². The smallest absolute Gasteiger partial charge is 0.341 e. The van der Waals surface area contributed by atoms with Crippen molar-refractivity contribution >= 4 is 26.5 Å². The standard InChI is InChI=1S/C25H19F2NO4S/c26-25(27)33(31,32)19-13-10-18(11-14-19)24(30)28-23(17-7-2-1-3-8-17)22-20-9-5-4-6-16(20)12-15-21(22)29/h1-15,23,25,29H,(H,28,30). The number of alkyl halides is 2. The van der Waals surface area contributed by atoms with Gasteiger partial charge in [-0.05, 0) is 46.7 Å². The van der Waals surface area contributed by atoms with Crippen LogP contribution in [0.25, 0.3) is 10.8 Å². The van der Waals surface area contributed by atoms with E-state index in [-0.39, 0.29) is 11.3 Å². The van der Waals surface area contributed by atoms with Crippen LogP contribution < -0.4 is 5.32 Å². The first-order valence-electron chi connectivity index (χ1n) is 9.97. The second kappa shape index (κ2) is 8.99. The molecule has 0 aromatic heterocycles. The van der Waals surface area contributed by atoms with E-state index < -0.39 is 32.4 Å². The minimum absolute atomic E-state index is 0.00114. The Kier molecular flexibility index (Phi) is 6.11. The topological polar surface area (TPSA) is 83.5 Å². The fourth-order valence-corrected chi connectivity index (χ4v) is 4.39. The minimum Gasteiger partial charge on any atom is -0.508 e. The van der Waals surface area contributed by atoms with Gasteiger partial charge in [0.1, 0.15) is 5.75 Å². The number of hydrogen-bond donors (Lipinski definition) is 2. The number of aromatic hydroxyl groups is 1. The predicted molar refractivity (Wildman–Crippen MR) is 121 cm³/mol. The maximum atomic E-state index is 13.1. The summed E-state index contributed by atoms with van der Waals surface area (Å²) in [6.45, 7) is 0. The Morgan fingerprint density at radius 2 is 1.45 bits per heavy atom. The predicted octanol–water partition coefficient (Wildman–Crippen LogP) is 5.06. The third kappa shape index (κ3) is 4.42. The van der Waals surface area contributed by atoms with E-state index in [2.05, 4.69) is 5.32 Å². The molecule has 1 amide bonds. The lowest BCUT2D eigenvalue weighted by Gasteiger charge is -2.23. The molecule has 0 radical (unpaired) electrons. The number of fused-ring (bicyclic) bond motifs is 1. The number of phenolic OH excluding ortho intramolecular Hbond substituents is 1. The van der Waals surface area contributed by atoms with E-state index >= 15 is 0 Å². The number of carbonyl (C=O) groups is 1. The van der Waals surface area contributed by atoms with Crippen LogP contribution in [0, 0.1) is 0 Å². The minimum atomic E-state index is -4.76. The van der Waals surface area contributed by atoms with Crippen LogP contribution in [0.15, 0.2) is 95.9 Å². The largest absolute Gasteiger partial charge is 0.508 e. The molecule has 0 saturated heterocycles. The number of rotatable bonds is 6. The number of nitrogens with one attached hydrogen (secondary N) is 1. The van der Waals surface area contributed by atoms with Gasteiger partial charge in [-0.3, -0.25) is 4.79 Å². The number of phenols is 1. The third-order valence-corrected chi connectivity index (χ3v) is 6.72. The molecule has 168 valence electrons. The summed E-state index contributed by atoms with van der Waals surface area (Å²) in [5, 5.41) is 15.2. The van der Waals surface area contributed by atoms with Crippen molar-refractivity contribution in [3.63, 3.8) is 0 Å². The molecule has 0 bridgehead atoms. The third-order valence-electron chi connectivity index (χ3n) is 5.32. The molecule has 4 rings (SSSR count). The van der Waals surface area contributed by atoms with E-state index in [0.717, 1.165) is 28.5 Å². The number of hydrogen-bond acceptors (Lipinski definition) is 4. The summed E-state index contributed by atoms with van der Waals surface area (Å²) >= 11 is 0. The van der Waals surface area contributed by atoms with Crippen LogP contribution in [-0.2, 0) is 9.84 Å². The monoisotopic (exact) mass is 467 g/mol. The molecule has 0 aliphatic rings. The zero-order valence-corrected chi connectivity index (χ0v) is 18.0. The molecular formula is C25H19F2NO4S. The van der Waals surface area contributed by atoms with Gasteiger partial charge in [0.2, 0.25) is 9.84 Å². The van der Waals surface area contributed by atoms with Crippen molar-refractivity contribution < 1.29 is 27.1 Å². The van der Waals surface area contributed by atoms with Gasteiger partial charge < -0.3 is 10.4 Å². The Morgan fingerprint density at radius 3 is 2.12 bits per heavy atom. The van der Waals surface area contributed by atoms with E-state index in [4.69, 9.17) is 0 Å². The lowest BCUT2D eigenvalue weighted by Crippen LogP contribution is -2.29. The van der Waals surface area contributed by atoms with Crippen molar-refractivity contribution in [1.82, 2.24) is 5.32 Å². The number of benzene rings is 4. The number of sulfone groups is 1. The normalized spacial score (nSPS) is 12.6. The molecule has 4 aromatic rings. The molecule has 2 N–H and O–H groups in total. The van der Waals surface area contributed by atoms with Gasteiger partial charge in [0, 0.05) is 11.1 Å². The Balaban J connectivity index is 1.74. The van der Waals surface area contributed by atoms with Gasteiger partial charge in [0.05, 0.1) is 10.9 Å². The highest BCUT2D eigenvalue weighted by molar-refractivity contribution is 7.91. The summed E-state index contributed by atoms with van der Waals surface area (Å²) in [6.07, 6.45) is 0. The average Bonchev–Trinajstić information content (AvgIpc) is 2.83. The number of halogens is 2. The van der Waals surface area contributed by atoms with E-state index in [1.165, 1.54) is 12.1 Å². The molecule has 0 saturated carbocycles. The maximum Gasteiger partial charge on any atom is 0.341 e. The SMILES string of the molecule is O=C(NC(c1ccccc1)c1c(O)ccc2ccccc12)c1ccc(S(=O)(=O)C(F)F)cc1. The highest BCUT2D eigenvalue weighted by Crippen LogP contribution is 2.36. The summed E-state index contributed by atoms with van der Waals surface area (Å²) in [5.74, 6) is -4.10. The summed E-state index contributed by atoms with van der Waals surface area (Å²) < 4.78 is 48.8. The van der Waals surface area contributed by atoms with Crippen molar-refractivity contribution in [1.29, 1.82) is 0 Å². The Morgan fingerprint density at radius 1 is 0.818 bits per heavy atom. The van der Waals surface area contributed by atoms with Gasteiger partial charge in [-0.15, -0.1) is 0 Å². The van der Waals surface area contributed by atoms with Crippen LogP contribution in [0.2, 0.25) is 0 Å². The quantitative estimate of drug-likeness (QED) is 0.415. The van der Waals surface area contributed by atoms with Gasteiger partial charge in [-0.1, -0.05) is 60.7 Å². The fraction of sp³-hybridized carbons (Fsp3) is 0.0800. The van der Waals surface area contributed by atoms with E-state index in [0.29, 0.717) is 5.56 Å². The van der Waals surface area contributed by atoms with E-state index in [9.17, 15) is 27.1 Å². The molecule has 0 aliphatic carbocycles. The molecule has 0 aliphatic heterocycles. The molecule has 1 unspecified atom stereocenters. The van der Waals surface area contributed by atoms with Gasteiger partial charge in [0.25, 0.3) is 5.91 Å². The highest BCUT2D eigenvalue weighted by Gasteiger charge is 2.27. The molecule has 4 aromatic carbocycles. The molecular weight excluding hydrogens is 448 g/mol. The Bertz CT molecular complexity index is 1410. The van der Waals surface area contributed by atoms with Crippen LogP contribution in [0.1, 0.15) is 27.5 Å². The first kappa shape index (κ1) is 22.4. The van der Waals surface area contributed by atoms with Crippen LogP contribution in [-0.4, -0.2) is 25.2 Å². The van der Waals surface area contributed by atoms with Gasteiger partial charge in [0.15, 0.2) is 0 Å². The van der Waals surface area contributed by atoms with Gasteiger partial charge >= 0.3 is 5.76 Å². The zero-order valence-electron chi connectivity index (χ0n) is 17.2. The van der Waals surface area contributed by atoms with Crippen LogP contribution in [0.5, 0.6) is 5.75 Å². The van der Waals surface area contributed by atoms with Crippen molar-refractivity contribution in [3.05, 3.63) is 108 Å². The average molecular weight is 467 g/mol. The second-order valence-electron chi connectivity index (χ2n) is 7.37. The molecule has 33 heavy (non-hydrogen) atoms. The fourth-order valence-electron chi connectivity index (χ4n) is 3.67. The lowest BCUT2D eigenvalue weighted by molar-refractivity contribution is 0.0943. The van der Waals surface area contributed by atoms with Crippen LogP contribution >= 0.6 is 0 Å². The summed E-state index contributed by atoms with van der Waals surface area (Å²) in [4.78, 5) is 12.5. The molecule has 5 nitrogen and oxygen atoms in total. The summed E-state index contributed by atoms with van der Waals surface area (Å²) in [7, 11) is -4.76. The van der Waals surface area contributed by atoms with Crippen molar-refractivity contribution in [2.75, 3.05) is 0 Å². The Hall–Kier alpha value is -3.78. The highest BCUT2D eigenvalue weighted by atomic mass is 32.2. The van der Waals surface area contributed by atoms with Crippen molar-refractivity contribution in [3.8, 4) is 5.75 Å². The van der Waals surface area contributed by atoms with Crippen molar-refractivity contribution in [2.45, 2.75) is 16.7 Å². The van der Waals surface area contributed by atoms with Crippen molar-refractivity contribution in [2.24, 2.45) is 0 Å². The molecule has 0 spiro atoms. The van der Waals surface area contributed by atoms with Crippen LogP contribution in [0.3, 0.4) is 0 Å². The number of carbonyl (C=O) groups excluding carboxylic acids is 1. The summed E-state index contributed by atoms with van der Waals surface area (Å²) in [5.41, 5.74) is 1.31. The number of amides is 1. The second-order valence-corrected chi connectivity index (χ2v) is 9.28. The molecule has 0 fully saturated rings. The molecule has 1 atom stereocenters. The van der Waals surface area contributed by atoms with Gasteiger partial charge in [-0.2, -0.15) is 8.78 Å².